The zero-order valence-electron chi connectivity index (χ0n) is 10.1. The van der Waals surface area contributed by atoms with Crippen LogP contribution in [0.4, 0.5) is 0 Å². The monoisotopic (exact) mass is 254 g/mol. The zero-order valence-corrected chi connectivity index (χ0v) is 10.1. The molecule has 98 valence electrons. The molecule has 1 aromatic carbocycles. The average Bonchev–Trinajstić information content (AvgIpc) is 2.37. The van der Waals surface area contributed by atoms with Crippen molar-refractivity contribution in [2.24, 2.45) is 0 Å². The van der Waals surface area contributed by atoms with Gasteiger partial charge in [-0.15, -0.1) is 0 Å². The van der Waals surface area contributed by atoms with E-state index in [-0.39, 0.29) is 24.3 Å². The lowest BCUT2D eigenvalue weighted by Crippen LogP contribution is -2.09. The number of rotatable bonds is 6. The van der Waals surface area contributed by atoms with E-state index >= 15 is 0 Å². The zero-order chi connectivity index (χ0) is 13.5. The van der Waals surface area contributed by atoms with Gasteiger partial charge in [-0.05, 0) is 18.2 Å². The van der Waals surface area contributed by atoms with Crippen molar-refractivity contribution in [3.63, 3.8) is 0 Å². The van der Waals surface area contributed by atoms with E-state index in [1.165, 1.54) is 26.4 Å². The number of hydrogen-bond acceptors (Lipinski definition) is 5. The van der Waals surface area contributed by atoms with Crippen LogP contribution in [0.2, 0.25) is 0 Å². The Morgan fingerprint density at radius 1 is 1.28 bits per heavy atom. The number of benzene rings is 1. The Bertz CT molecular complexity index is 440. The first-order chi connectivity index (χ1) is 8.58. The minimum atomic E-state index is -0.969. The van der Waals surface area contributed by atoms with Crippen molar-refractivity contribution in [1.82, 2.24) is 0 Å². The van der Waals surface area contributed by atoms with Gasteiger partial charge >= 0.3 is 11.9 Å². The van der Waals surface area contributed by atoms with Crippen molar-refractivity contribution in [2.45, 2.75) is 6.42 Å². The molecule has 0 saturated heterocycles. The summed E-state index contributed by atoms with van der Waals surface area (Å²) >= 11 is 0. The molecule has 1 aromatic rings. The van der Waals surface area contributed by atoms with Crippen LogP contribution in [0.25, 0.3) is 0 Å². The molecule has 0 radical (unpaired) electrons. The van der Waals surface area contributed by atoms with E-state index in [9.17, 15) is 9.59 Å². The number of hydrogen-bond donors (Lipinski definition) is 1. The molecule has 0 aliphatic heterocycles. The van der Waals surface area contributed by atoms with Gasteiger partial charge in [0.2, 0.25) is 0 Å². The first kappa shape index (κ1) is 13.8. The van der Waals surface area contributed by atoms with Crippen molar-refractivity contribution in [3.05, 3.63) is 23.8 Å². The van der Waals surface area contributed by atoms with E-state index < -0.39 is 11.9 Å². The molecule has 0 saturated carbocycles. The van der Waals surface area contributed by atoms with Crippen LogP contribution in [-0.2, 0) is 9.53 Å². The van der Waals surface area contributed by atoms with E-state index in [2.05, 4.69) is 4.74 Å². The molecule has 0 amide bonds. The summed E-state index contributed by atoms with van der Waals surface area (Å²) < 4.78 is 14.8. The third kappa shape index (κ3) is 3.65. The lowest BCUT2D eigenvalue weighted by molar-refractivity contribution is -0.137. The van der Waals surface area contributed by atoms with Gasteiger partial charge in [0.25, 0.3) is 0 Å². The second kappa shape index (κ2) is 6.48. The summed E-state index contributed by atoms with van der Waals surface area (Å²) in [5.41, 5.74) is 0.197. The van der Waals surface area contributed by atoms with Crippen LogP contribution in [0.1, 0.15) is 16.8 Å². The highest BCUT2D eigenvalue weighted by atomic mass is 16.5. The molecule has 0 atom stereocenters. The third-order valence-electron chi connectivity index (χ3n) is 2.17. The van der Waals surface area contributed by atoms with Gasteiger partial charge in [0.05, 0.1) is 27.2 Å². The third-order valence-corrected chi connectivity index (χ3v) is 2.17. The number of aliphatic carboxylic acids is 1. The van der Waals surface area contributed by atoms with Crippen LogP contribution < -0.4 is 9.47 Å². The molecule has 1 rings (SSSR count). The molecule has 0 heterocycles. The molecule has 6 heteroatoms. The maximum Gasteiger partial charge on any atom is 0.341 e. The fourth-order valence-electron chi connectivity index (χ4n) is 1.28. The van der Waals surface area contributed by atoms with Crippen LogP contribution in [-0.4, -0.2) is 37.9 Å². The van der Waals surface area contributed by atoms with Crippen molar-refractivity contribution < 1.29 is 28.9 Å². The molecular formula is C12H14O6. The first-order valence-corrected chi connectivity index (χ1v) is 5.19. The molecule has 0 aromatic heterocycles. The van der Waals surface area contributed by atoms with Gasteiger partial charge in [0, 0.05) is 0 Å². The molecule has 0 aliphatic rings. The molecule has 0 spiro atoms. The van der Waals surface area contributed by atoms with Crippen molar-refractivity contribution in [2.75, 3.05) is 20.8 Å². The summed E-state index contributed by atoms with van der Waals surface area (Å²) in [6.07, 6.45) is -0.146. The largest absolute Gasteiger partial charge is 0.497 e. The summed E-state index contributed by atoms with van der Waals surface area (Å²) in [5, 5.41) is 8.51. The molecule has 0 unspecified atom stereocenters. The predicted octanol–water partition coefficient (Wildman–Crippen LogP) is 1.34. The normalized spacial score (nSPS) is 9.67. The Morgan fingerprint density at radius 3 is 2.56 bits per heavy atom. The molecule has 0 aliphatic carbocycles. The first-order valence-electron chi connectivity index (χ1n) is 5.19. The highest BCUT2D eigenvalue weighted by Gasteiger charge is 2.14. The van der Waals surface area contributed by atoms with E-state index in [1.807, 2.05) is 0 Å². The van der Waals surface area contributed by atoms with E-state index in [4.69, 9.17) is 14.6 Å². The van der Waals surface area contributed by atoms with Gasteiger partial charge in [-0.1, -0.05) is 0 Å². The number of carboxylic acids is 1. The van der Waals surface area contributed by atoms with Gasteiger partial charge < -0.3 is 19.3 Å². The number of carbonyl (C=O) groups excluding carboxylic acids is 1. The number of carboxylic acid groups (broad SMARTS) is 1. The fourth-order valence-corrected chi connectivity index (χ4v) is 1.28. The standard InChI is InChI=1S/C12H14O6/c1-16-8-3-4-10(18-6-5-11(13)14)9(7-8)12(15)17-2/h3-4,7H,5-6H2,1-2H3,(H,13,14). The average molecular weight is 254 g/mol. The summed E-state index contributed by atoms with van der Waals surface area (Å²) in [5.74, 6) is -0.785. The highest BCUT2D eigenvalue weighted by molar-refractivity contribution is 5.93. The number of carbonyl (C=O) groups is 2. The Labute approximate surface area is 104 Å². The topological polar surface area (TPSA) is 82.1 Å². The van der Waals surface area contributed by atoms with E-state index in [0.29, 0.717) is 5.75 Å². The second-order valence-electron chi connectivity index (χ2n) is 3.35. The molecule has 6 nitrogen and oxygen atoms in total. The lowest BCUT2D eigenvalue weighted by Gasteiger charge is -2.10. The van der Waals surface area contributed by atoms with Crippen molar-refractivity contribution in [3.8, 4) is 11.5 Å². The molecule has 0 bridgehead atoms. The second-order valence-corrected chi connectivity index (χ2v) is 3.35. The van der Waals surface area contributed by atoms with Gasteiger partial charge in [0.15, 0.2) is 0 Å². The minimum absolute atomic E-state index is 0.0222. The maximum atomic E-state index is 11.5. The SMILES string of the molecule is COC(=O)c1cc(OC)ccc1OCCC(=O)O. The summed E-state index contributed by atoms with van der Waals surface area (Å²) in [7, 11) is 2.73. The Balaban J connectivity index is 2.88. The predicted molar refractivity (Wildman–Crippen MR) is 62.1 cm³/mol. The summed E-state index contributed by atoms with van der Waals surface area (Å²) in [4.78, 5) is 21.9. The highest BCUT2D eigenvalue weighted by Crippen LogP contribution is 2.25. The van der Waals surface area contributed by atoms with Crippen LogP contribution in [0.5, 0.6) is 11.5 Å². The van der Waals surface area contributed by atoms with Crippen LogP contribution in [0, 0.1) is 0 Å². The Morgan fingerprint density at radius 2 is 2.00 bits per heavy atom. The van der Waals surface area contributed by atoms with Gasteiger partial charge in [-0.2, -0.15) is 0 Å². The summed E-state index contributed by atoms with van der Waals surface area (Å²) in [6.45, 7) is -0.0222. The van der Waals surface area contributed by atoms with Gasteiger partial charge in [-0.3, -0.25) is 4.79 Å². The summed E-state index contributed by atoms with van der Waals surface area (Å²) in [6, 6.07) is 4.62. The van der Waals surface area contributed by atoms with Crippen LogP contribution in [0.3, 0.4) is 0 Å². The minimum Gasteiger partial charge on any atom is -0.497 e. The molecular weight excluding hydrogens is 240 g/mol. The molecule has 18 heavy (non-hydrogen) atoms. The Kier molecular flexibility index (Phi) is 4.98. The van der Waals surface area contributed by atoms with Crippen LogP contribution in [0.15, 0.2) is 18.2 Å². The van der Waals surface area contributed by atoms with Gasteiger partial charge in [0.1, 0.15) is 17.1 Å². The number of esters is 1. The lowest BCUT2D eigenvalue weighted by atomic mass is 10.2. The van der Waals surface area contributed by atoms with Gasteiger partial charge in [-0.25, -0.2) is 4.79 Å². The smallest absolute Gasteiger partial charge is 0.341 e. The number of ether oxygens (including phenoxy) is 3. The van der Waals surface area contributed by atoms with E-state index in [0.717, 1.165) is 0 Å². The Hall–Kier alpha value is -2.24. The van der Waals surface area contributed by atoms with Crippen molar-refractivity contribution >= 4 is 11.9 Å². The molecule has 0 fully saturated rings. The molecule has 1 N–H and O–H groups in total. The van der Waals surface area contributed by atoms with Crippen LogP contribution >= 0.6 is 0 Å². The van der Waals surface area contributed by atoms with E-state index in [1.54, 1.807) is 6.07 Å². The maximum absolute atomic E-state index is 11.5. The quantitative estimate of drug-likeness (QED) is 0.771. The fraction of sp³-hybridized carbons (Fsp3) is 0.333. The van der Waals surface area contributed by atoms with Crippen molar-refractivity contribution in [1.29, 1.82) is 0 Å². The number of methoxy groups -OCH3 is 2.